The minimum Gasteiger partial charge on any atom is -0.355 e. The highest BCUT2D eigenvalue weighted by Crippen LogP contribution is 2.31. The average molecular weight is 639 g/mol. The zero-order valence-corrected chi connectivity index (χ0v) is 26.2. The molecule has 4 aromatic rings. The number of amides is 2. The fraction of sp³-hybridized carbons (Fsp3) is 0.212. The third-order valence-electron chi connectivity index (χ3n) is 7.04. The molecule has 43 heavy (non-hydrogen) atoms. The lowest BCUT2D eigenvalue weighted by molar-refractivity contribution is -0.140. The molecular formula is C33H33Cl2N3O4S. The summed E-state index contributed by atoms with van der Waals surface area (Å²) in [5, 5.41) is 3.63. The van der Waals surface area contributed by atoms with E-state index in [0.29, 0.717) is 27.7 Å². The fourth-order valence-corrected chi connectivity index (χ4v) is 6.61. The molecule has 1 N–H and O–H groups in total. The highest BCUT2D eigenvalue weighted by molar-refractivity contribution is 7.92. The number of nitrogens with one attached hydrogen (secondary N) is 1. The minimum atomic E-state index is -4.22. The summed E-state index contributed by atoms with van der Waals surface area (Å²) in [6.45, 7) is 3.26. The first-order valence-corrected chi connectivity index (χ1v) is 16.0. The van der Waals surface area contributed by atoms with Crippen molar-refractivity contribution in [2.24, 2.45) is 0 Å². The van der Waals surface area contributed by atoms with Crippen LogP contribution in [0.15, 0.2) is 108 Å². The van der Waals surface area contributed by atoms with Crippen LogP contribution >= 0.6 is 23.2 Å². The van der Waals surface area contributed by atoms with Gasteiger partial charge in [-0.25, -0.2) is 8.42 Å². The Bertz CT molecular complexity index is 1670. The predicted octanol–water partition coefficient (Wildman–Crippen LogP) is 6.27. The number of sulfonamides is 1. The Morgan fingerprint density at radius 1 is 0.814 bits per heavy atom. The molecule has 0 aliphatic heterocycles. The summed E-state index contributed by atoms with van der Waals surface area (Å²) in [4.78, 5) is 29.4. The van der Waals surface area contributed by atoms with E-state index in [1.807, 2.05) is 30.3 Å². The quantitative estimate of drug-likeness (QED) is 0.198. The van der Waals surface area contributed by atoms with Crippen LogP contribution in [-0.2, 0) is 32.6 Å². The SMILES string of the molecule is CCNC(=O)[C@H](Cc1ccccc1)N(Cc1ccccc1Cl)C(=O)CN(c1cccc(Cl)c1C)S(=O)(=O)c1ccccc1. The first-order valence-electron chi connectivity index (χ1n) is 13.8. The second kappa shape index (κ2) is 14.6. The molecular weight excluding hydrogens is 605 g/mol. The number of likely N-dealkylation sites (N-methyl/N-ethyl adjacent to an activating group) is 1. The van der Waals surface area contributed by atoms with Crippen LogP contribution in [0.25, 0.3) is 0 Å². The van der Waals surface area contributed by atoms with E-state index in [1.165, 1.54) is 17.0 Å². The van der Waals surface area contributed by atoms with Crippen LogP contribution in [0.3, 0.4) is 0 Å². The molecule has 0 spiro atoms. The maximum atomic E-state index is 14.4. The number of halogens is 2. The first kappa shape index (κ1) is 32.1. The summed E-state index contributed by atoms with van der Waals surface area (Å²) < 4.78 is 29.2. The van der Waals surface area contributed by atoms with Gasteiger partial charge in [0, 0.05) is 29.6 Å². The number of carbonyl (C=O) groups excluding carboxylic acids is 2. The van der Waals surface area contributed by atoms with E-state index in [4.69, 9.17) is 23.2 Å². The standard InChI is InChI=1S/C33H33Cl2N3O4S/c1-3-36-33(40)31(21-25-13-6-4-7-14-25)37(22-26-15-10-11-18-29(26)35)32(39)23-38(30-20-12-19-28(34)24(30)2)43(41,42)27-16-8-5-9-17-27/h4-20,31H,3,21-23H2,1-2H3,(H,36,40)/t31-/m0/s1. The number of benzene rings is 4. The first-order chi connectivity index (χ1) is 20.6. The number of hydrogen-bond donors (Lipinski definition) is 1. The Balaban J connectivity index is 1.83. The molecule has 10 heteroatoms. The molecule has 0 heterocycles. The van der Waals surface area contributed by atoms with Crippen molar-refractivity contribution in [2.45, 2.75) is 37.8 Å². The average Bonchev–Trinajstić information content (AvgIpc) is 3.01. The number of rotatable bonds is 12. The molecule has 1 atom stereocenters. The molecule has 0 radical (unpaired) electrons. The molecule has 7 nitrogen and oxygen atoms in total. The van der Waals surface area contributed by atoms with Crippen LogP contribution in [0.1, 0.15) is 23.6 Å². The molecule has 224 valence electrons. The largest absolute Gasteiger partial charge is 0.355 e. The summed E-state index contributed by atoms with van der Waals surface area (Å²) in [5.41, 5.74) is 2.23. The normalized spacial score (nSPS) is 11.9. The van der Waals surface area contributed by atoms with Gasteiger partial charge in [0.25, 0.3) is 10.0 Å². The topological polar surface area (TPSA) is 86.8 Å². The van der Waals surface area contributed by atoms with Gasteiger partial charge in [-0.1, -0.05) is 96.0 Å². The summed E-state index contributed by atoms with van der Waals surface area (Å²) in [7, 11) is -4.22. The molecule has 0 fully saturated rings. The molecule has 0 aromatic heterocycles. The second-order valence-electron chi connectivity index (χ2n) is 9.92. The highest BCUT2D eigenvalue weighted by atomic mass is 35.5. The molecule has 2 amide bonds. The van der Waals surface area contributed by atoms with Crippen LogP contribution in [0, 0.1) is 6.92 Å². The molecule has 0 saturated carbocycles. The predicted molar refractivity (Wildman–Crippen MR) is 172 cm³/mol. The maximum absolute atomic E-state index is 14.4. The van der Waals surface area contributed by atoms with E-state index in [2.05, 4.69) is 5.32 Å². The van der Waals surface area contributed by atoms with Crippen molar-refractivity contribution in [1.82, 2.24) is 10.2 Å². The number of nitrogens with zero attached hydrogens (tertiary/aromatic N) is 2. The van der Waals surface area contributed by atoms with Crippen LogP contribution in [0.2, 0.25) is 10.0 Å². The third kappa shape index (κ3) is 7.76. The van der Waals surface area contributed by atoms with Crippen LogP contribution in [-0.4, -0.2) is 44.3 Å². The lowest BCUT2D eigenvalue weighted by Crippen LogP contribution is -2.53. The van der Waals surface area contributed by atoms with Crippen molar-refractivity contribution in [1.29, 1.82) is 0 Å². The molecule has 0 aliphatic carbocycles. The van der Waals surface area contributed by atoms with Crippen LogP contribution < -0.4 is 9.62 Å². The summed E-state index contributed by atoms with van der Waals surface area (Å²) in [5.74, 6) is -0.936. The molecule has 0 saturated heterocycles. The van der Waals surface area contributed by atoms with Crippen molar-refractivity contribution in [2.75, 3.05) is 17.4 Å². The van der Waals surface area contributed by atoms with Crippen molar-refractivity contribution in [3.8, 4) is 0 Å². The van der Waals surface area contributed by atoms with Gasteiger partial charge in [0.15, 0.2) is 0 Å². The molecule has 0 unspecified atom stereocenters. The minimum absolute atomic E-state index is 0.0130. The van der Waals surface area contributed by atoms with Crippen molar-refractivity contribution < 1.29 is 18.0 Å². The van der Waals surface area contributed by atoms with E-state index in [9.17, 15) is 18.0 Å². The van der Waals surface area contributed by atoms with Gasteiger partial charge in [0.2, 0.25) is 11.8 Å². The van der Waals surface area contributed by atoms with Gasteiger partial charge >= 0.3 is 0 Å². The van der Waals surface area contributed by atoms with E-state index in [1.54, 1.807) is 74.5 Å². The highest BCUT2D eigenvalue weighted by Gasteiger charge is 2.35. The zero-order chi connectivity index (χ0) is 31.0. The van der Waals surface area contributed by atoms with E-state index in [0.717, 1.165) is 9.87 Å². The summed E-state index contributed by atoms with van der Waals surface area (Å²) in [6, 6.07) is 28.3. The van der Waals surface area contributed by atoms with Crippen LogP contribution in [0.5, 0.6) is 0 Å². The van der Waals surface area contributed by atoms with Gasteiger partial charge in [-0.2, -0.15) is 0 Å². The van der Waals surface area contributed by atoms with Gasteiger partial charge in [0.1, 0.15) is 12.6 Å². The summed E-state index contributed by atoms with van der Waals surface area (Å²) in [6.07, 6.45) is 0.213. The van der Waals surface area contributed by atoms with Gasteiger partial charge in [-0.05, 0) is 60.9 Å². The smallest absolute Gasteiger partial charge is 0.264 e. The second-order valence-corrected chi connectivity index (χ2v) is 12.6. The Hall–Kier alpha value is -3.85. The van der Waals surface area contributed by atoms with Crippen molar-refractivity contribution in [3.05, 3.63) is 130 Å². The van der Waals surface area contributed by atoms with Gasteiger partial charge in [-0.15, -0.1) is 0 Å². The fourth-order valence-electron chi connectivity index (χ4n) is 4.76. The van der Waals surface area contributed by atoms with Gasteiger partial charge in [-0.3, -0.25) is 13.9 Å². The molecule has 0 aliphatic rings. The van der Waals surface area contributed by atoms with E-state index in [-0.39, 0.29) is 29.5 Å². The molecule has 4 rings (SSSR count). The number of carbonyl (C=O) groups is 2. The van der Waals surface area contributed by atoms with Gasteiger partial charge < -0.3 is 10.2 Å². The van der Waals surface area contributed by atoms with Crippen LogP contribution in [0.4, 0.5) is 5.69 Å². The Labute approximate surface area is 263 Å². The molecule has 4 aromatic carbocycles. The number of anilines is 1. The monoisotopic (exact) mass is 637 g/mol. The van der Waals surface area contributed by atoms with Crippen molar-refractivity contribution >= 4 is 50.7 Å². The van der Waals surface area contributed by atoms with Gasteiger partial charge in [0.05, 0.1) is 10.6 Å². The lowest BCUT2D eigenvalue weighted by Gasteiger charge is -2.34. The van der Waals surface area contributed by atoms with Crippen molar-refractivity contribution in [3.63, 3.8) is 0 Å². The molecule has 0 bridgehead atoms. The van der Waals surface area contributed by atoms with E-state index >= 15 is 0 Å². The lowest BCUT2D eigenvalue weighted by atomic mass is 10.0. The Morgan fingerprint density at radius 3 is 2.07 bits per heavy atom. The Morgan fingerprint density at radius 2 is 1.42 bits per heavy atom. The zero-order valence-electron chi connectivity index (χ0n) is 23.9. The third-order valence-corrected chi connectivity index (χ3v) is 9.59. The summed E-state index contributed by atoms with van der Waals surface area (Å²) >= 11 is 12.9. The number of hydrogen-bond acceptors (Lipinski definition) is 4. The Kier molecular flexibility index (Phi) is 10.9. The van der Waals surface area contributed by atoms with E-state index < -0.39 is 28.5 Å². The maximum Gasteiger partial charge on any atom is 0.264 e.